The van der Waals surface area contributed by atoms with Crippen molar-refractivity contribution in [2.24, 2.45) is 0 Å². The number of fused-ring (bicyclic) bond motifs is 1. The molecular formula is C28H20ClFN4O3S3. The van der Waals surface area contributed by atoms with Crippen LogP contribution in [0.15, 0.2) is 82.9 Å². The summed E-state index contributed by atoms with van der Waals surface area (Å²) in [6.45, 7) is 0.100. The van der Waals surface area contributed by atoms with Crippen LogP contribution in [0.25, 0.3) is 17.1 Å². The lowest BCUT2D eigenvalue weighted by Gasteiger charge is -2.15. The highest BCUT2D eigenvalue weighted by Gasteiger charge is 2.32. The van der Waals surface area contributed by atoms with Gasteiger partial charge in [-0.3, -0.25) is 23.9 Å². The number of para-hydroxylation sites is 2. The van der Waals surface area contributed by atoms with E-state index in [1.807, 2.05) is 18.2 Å². The lowest BCUT2D eigenvalue weighted by atomic mass is 10.2. The predicted octanol–water partition coefficient (Wildman–Crippen LogP) is 6.49. The largest absolute Gasteiger partial charge is 0.325 e. The Morgan fingerprint density at radius 2 is 1.80 bits per heavy atom. The van der Waals surface area contributed by atoms with Gasteiger partial charge in [0, 0.05) is 23.7 Å². The molecule has 3 aromatic carbocycles. The summed E-state index contributed by atoms with van der Waals surface area (Å²) in [7, 11) is 0. The van der Waals surface area contributed by atoms with Crippen molar-refractivity contribution in [1.82, 2.24) is 14.5 Å². The molecule has 1 aliphatic heterocycles. The van der Waals surface area contributed by atoms with Gasteiger partial charge in [0.1, 0.15) is 10.1 Å². The molecule has 0 aliphatic carbocycles. The number of rotatable bonds is 8. The molecule has 5 rings (SSSR count). The quantitative estimate of drug-likeness (QED) is 0.139. The maximum absolute atomic E-state index is 13.4. The van der Waals surface area contributed by atoms with E-state index in [1.165, 1.54) is 45.5 Å². The van der Waals surface area contributed by atoms with E-state index < -0.39 is 5.82 Å². The van der Waals surface area contributed by atoms with E-state index in [0.29, 0.717) is 36.1 Å². The van der Waals surface area contributed by atoms with Gasteiger partial charge < -0.3 is 5.32 Å². The van der Waals surface area contributed by atoms with Crippen LogP contribution in [0.5, 0.6) is 0 Å². The van der Waals surface area contributed by atoms with Crippen molar-refractivity contribution in [3.63, 3.8) is 0 Å². The Kier molecular flexibility index (Phi) is 8.65. The maximum Gasteiger partial charge on any atom is 0.266 e. The molecule has 1 aliphatic rings. The monoisotopic (exact) mass is 610 g/mol. The average Bonchev–Trinajstić information content (AvgIpc) is 3.44. The Morgan fingerprint density at radius 1 is 1.07 bits per heavy atom. The van der Waals surface area contributed by atoms with Gasteiger partial charge >= 0.3 is 0 Å². The first kappa shape index (κ1) is 28.0. The topological polar surface area (TPSA) is 84.3 Å². The van der Waals surface area contributed by atoms with E-state index >= 15 is 0 Å². The van der Waals surface area contributed by atoms with Crippen molar-refractivity contribution in [3.8, 4) is 0 Å². The lowest BCUT2D eigenvalue weighted by molar-refractivity contribution is -0.122. The van der Waals surface area contributed by atoms with Gasteiger partial charge in [-0.2, -0.15) is 0 Å². The van der Waals surface area contributed by atoms with Crippen molar-refractivity contribution < 1.29 is 18.8 Å². The molecule has 1 saturated heterocycles. The Morgan fingerprint density at radius 3 is 2.55 bits per heavy atom. The highest BCUT2D eigenvalue weighted by Crippen LogP contribution is 2.33. The Balaban J connectivity index is 1.27. The van der Waals surface area contributed by atoms with Crippen LogP contribution in [0.2, 0.25) is 5.02 Å². The number of hydrogen-bond donors (Lipinski definition) is 1. The summed E-state index contributed by atoms with van der Waals surface area (Å²) >= 11 is 13.7. The zero-order valence-corrected chi connectivity index (χ0v) is 23.9. The molecule has 40 heavy (non-hydrogen) atoms. The molecular weight excluding hydrogens is 591 g/mol. The predicted molar refractivity (Wildman–Crippen MR) is 162 cm³/mol. The number of benzene rings is 3. The second kappa shape index (κ2) is 12.3. The van der Waals surface area contributed by atoms with Crippen LogP contribution in [-0.2, 0) is 9.59 Å². The summed E-state index contributed by atoms with van der Waals surface area (Å²) < 4.78 is 15.0. The van der Waals surface area contributed by atoms with Crippen LogP contribution in [0.4, 0.5) is 10.1 Å². The molecule has 2 heterocycles. The van der Waals surface area contributed by atoms with E-state index in [2.05, 4.69) is 10.3 Å². The summed E-state index contributed by atoms with van der Waals surface area (Å²) in [4.78, 5) is 45.4. The second-order valence-electron chi connectivity index (χ2n) is 8.59. The van der Waals surface area contributed by atoms with Crippen molar-refractivity contribution >= 4 is 92.2 Å². The van der Waals surface area contributed by atoms with Crippen LogP contribution < -0.4 is 5.32 Å². The summed E-state index contributed by atoms with van der Waals surface area (Å²) in [5.41, 5.74) is 2.48. The van der Waals surface area contributed by atoms with E-state index in [9.17, 15) is 18.8 Å². The normalized spacial score (nSPS) is 14.3. The van der Waals surface area contributed by atoms with Crippen molar-refractivity contribution in [1.29, 1.82) is 0 Å². The fraction of sp³-hybridized carbons (Fsp3) is 0.107. The number of hydrogen-bond acceptors (Lipinski definition) is 7. The fourth-order valence-electron chi connectivity index (χ4n) is 3.92. The standard InChI is InChI=1S/C28H20ClFN4O3S3/c29-18-7-5-17(6-8-18)15-23-26(37)33(28(38)40-23)14-13-25(36)34-22-4-2-1-3-21(22)32-27(34)39-16-24(35)31-20-11-9-19(30)10-12-20/h1-12,15H,13-14,16H2,(H,31,35). The number of anilines is 1. The first-order valence-electron chi connectivity index (χ1n) is 12.0. The van der Waals surface area contributed by atoms with Gasteiger partial charge in [0.25, 0.3) is 5.91 Å². The number of amides is 2. The van der Waals surface area contributed by atoms with E-state index in [4.69, 9.17) is 23.8 Å². The molecule has 0 bridgehead atoms. The third kappa shape index (κ3) is 6.44. The maximum atomic E-state index is 13.4. The van der Waals surface area contributed by atoms with Gasteiger partial charge in [-0.1, -0.05) is 71.6 Å². The van der Waals surface area contributed by atoms with Crippen molar-refractivity contribution in [3.05, 3.63) is 94.1 Å². The Bertz CT molecular complexity index is 1660. The molecule has 4 aromatic rings. The third-order valence-corrected chi connectivity index (χ3v) is 8.40. The lowest BCUT2D eigenvalue weighted by Crippen LogP contribution is -2.31. The smallest absolute Gasteiger partial charge is 0.266 e. The molecule has 0 spiro atoms. The molecule has 0 saturated carbocycles. The van der Waals surface area contributed by atoms with Gasteiger partial charge in [0.15, 0.2) is 5.16 Å². The van der Waals surface area contributed by atoms with Gasteiger partial charge in [-0.25, -0.2) is 9.37 Å². The number of nitrogens with zero attached hydrogens (tertiary/aromatic N) is 3. The summed E-state index contributed by atoms with van der Waals surface area (Å²) in [6.07, 6.45) is 1.74. The zero-order chi connectivity index (χ0) is 28.2. The van der Waals surface area contributed by atoms with Gasteiger partial charge in [0.2, 0.25) is 11.8 Å². The van der Waals surface area contributed by atoms with Crippen LogP contribution in [0.1, 0.15) is 16.8 Å². The number of nitrogens with one attached hydrogen (secondary N) is 1. The van der Waals surface area contributed by atoms with Crippen molar-refractivity contribution in [2.75, 3.05) is 17.6 Å². The van der Waals surface area contributed by atoms with Gasteiger partial charge in [0.05, 0.1) is 21.7 Å². The number of thiocarbonyl (C=S) groups is 1. The van der Waals surface area contributed by atoms with Crippen LogP contribution in [0.3, 0.4) is 0 Å². The van der Waals surface area contributed by atoms with Crippen LogP contribution >= 0.6 is 47.3 Å². The molecule has 7 nitrogen and oxygen atoms in total. The molecule has 1 aromatic heterocycles. The third-order valence-electron chi connectivity index (χ3n) is 5.83. The number of carbonyl (C=O) groups is 3. The molecule has 2 amide bonds. The van der Waals surface area contributed by atoms with Gasteiger partial charge in [-0.05, 0) is 60.2 Å². The number of thioether (sulfide) groups is 2. The first-order valence-corrected chi connectivity index (χ1v) is 14.6. The molecule has 1 N–H and O–H groups in total. The number of carbonyl (C=O) groups excluding carboxylic acids is 3. The van der Waals surface area contributed by atoms with Gasteiger partial charge in [-0.15, -0.1) is 0 Å². The van der Waals surface area contributed by atoms with Crippen LogP contribution in [-0.4, -0.2) is 48.8 Å². The Labute approximate surface area is 247 Å². The zero-order valence-electron chi connectivity index (χ0n) is 20.7. The van der Waals surface area contributed by atoms with Crippen molar-refractivity contribution in [2.45, 2.75) is 11.6 Å². The van der Waals surface area contributed by atoms with Crippen LogP contribution in [0, 0.1) is 5.82 Å². The SMILES string of the molecule is O=C(CSc1nc2ccccc2n1C(=O)CCN1C(=O)C(=Cc2ccc(Cl)cc2)SC1=S)Nc1ccc(F)cc1. The van der Waals surface area contributed by atoms with E-state index in [1.54, 1.807) is 36.4 Å². The number of imidazole rings is 1. The second-order valence-corrected chi connectivity index (χ2v) is 11.6. The minimum Gasteiger partial charge on any atom is -0.325 e. The summed E-state index contributed by atoms with van der Waals surface area (Å²) in [5.74, 6) is -1.29. The molecule has 0 atom stereocenters. The summed E-state index contributed by atoms with van der Waals surface area (Å²) in [6, 6.07) is 19.7. The van der Waals surface area contributed by atoms with E-state index in [0.717, 1.165) is 17.3 Å². The molecule has 0 unspecified atom stereocenters. The average molecular weight is 611 g/mol. The first-order chi connectivity index (χ1) is 19.3. The molecule has 12 heteroatoms. The number of halogens is 2. The highest BCUT2D eigenvalue weighted by molar-refractivity contribution is 8.26. The fourth-order valence-corrected chi connectivity index (χ4v) is 6.18. The summed E-state index contributed by atoms with van der Waals surface area (Å²) in [5, 5.41) is 3.65. The Hall–Kier alpha value is -3.51. The molecule has 0 radical (unpaired) electrons. The minimum absolute atomic E-state index is 0.00362. The number of aromatic nitrogens is 2. The van der Waals surface area contributed by atoms with E-state index in [-0.39, 0.29) is 36.4 Å². The molecule has 202 valence electrons. The minimum atomic E-state index is -0.400. The highest BCUT2D eigenvalue weighted by atomic mass is 35.5. The molecule has 1 fully saturated rings.